The molecule has 1 aromatic rings. The van der Waals surface area contributed by atoms with Crippen LogP contribution in [0.2, 0.25) is 0 Å². The van der Waals surface area contributed by atoms with Crippen LogP contribution >= 0.6 is 11.8 Å². The standard InChI is InChI=1S/C19H28N2O2S/c1-5-7-8-17(22)21-16(12-24-18(21)6-2)19(23)20-15-10-9-13(3)14(4)11-15/h9-11,16,18H,5-8,12H2,1-4H3,(H,20,23). The molecule has 0 aliphatic carbocycles. The van der Waals surface area contributed by atoms with E-state index in [-0.39, 0.29) is 23.2 Å². The highest BCUT2D eigenvalue weighted by Crippen LogP contribution is 2.32. The van der Waals surface area contributed by atoms with Gasteiger partial charge in [0.15, 0.2) is 0 Å². The average Bonchev–Trinajstić information content (AvgIpc) is 3.00. The van der Waals surface area contributed by atoms with Gasteiger partial charge in [0, 0.05) is 17.9 Å². The Labute approximate surface area is 149 Å². The molecule has 1 aromatic carbocycles. The van der Waals surface area contributed by atoms with E-state index in [1.807, 2.05) is 30.0 Å². The lowest BCUT2D eigenvalue weighted by Crippen LogP contribution is -2.47. The van der Waals surface area contributed by atoms with Crippen LogP contribution in [0.4, 0.5) is 5.69 Å². The summed E-state index contributed by atoms with van der Waals surface area (Å²) in [5, 5.41) is 3.11. The molecule has 2 unspecified atom stereocenters. The first-order valence-corrected chi connectivity index (χ1v) is 9.83. The summed E-state index contributed by atoms with van der Waals surface area (Å²) in [6.07, 6.45) is 3.27. The van der Waals surface area contributed by atoms with Crippen molar-refractivity contribution in [3.8, 4) is 0 Å². The van der Waals surface area contributed by atoms with E-state index in [4.69, 9.17) is 0 Å². The molecule has 5 heteroatoms. The number of benzene rings is 1. The van der Waals surface area contributed by atoms with Crippen molar-refractivity contribution in [2.45, 2.75) is 64.8 Å². The van der Waals surface area contributed by atoms with E-state index >= 15 is 0 Å². The van der Waals surface area contributed by atoms with Gasteiger partial charge >= 0.3 is 0 Å². The molecule has 1 saturated heterocycles. The van der Waals surface area contributed by atoms with E-state index in [9.17, 15) is 9.59 Å². The number of carbonyl (C=O) groups is 2. The maximum Gasteiger partial charge on any atom is 0.248 e. The molecule has 1 aliphatic rings. The third kappa shape index (κ3) is 4.32. The summed E-state index contributed by atoms with van der Waals surface area (Å²) in [7, 11) is 0. The van der Waals surface area contributed by atoms with Gasteiger partial charge in [-0.2, -0.15) is 0 Å². The summed E-state index contributed by atoms with van der Waals surface area (Å²) in [5.41, 5.74) is 3.15. The van der Waals surface area contributed by atoms with Crippen LogP contribution in [0.5, 0.6) is 0 Å². The van der Waals surface area contributed by atoms with E-state index in [0.29, 0.717) is 12.2 Å². The van der Waals surface area contributed by atoms with Gasteiger partial charge in [-0.25, -0.2) is 0 Å². The van der Waals surface area contributed by atoms with Gasteiger partial charge in [0.25, 0.3) is 0 Å². The lowest BCUT2D eigenvalue weighted by molar-refractivity contribution is -0.138. The minimum absolute atomic E-state index is 0.0773. The van der Waals surface area contributed by atoms with Crippen molar-refractivity contribution in [2.24, 2.45) is 0 Å². The van der Waals surface area contributed by atoms with Gasteiger partial charge in [-0.3, -0.25) is 9.59 Å². The summed E-state index contributed by atoms with van der Waals surface area (Å²) < 4.78 is 0. The lowest BCUT2D eigenvalue weighted by atomic mass is 10.1. The second-order valence-electron chi connectivity index (χ2n) is 6.40. The Bertz CT molecular complexity index is 603. The Balaban J connectivity index is 2.10. The number of carbonyl (C=O) groups excluding carboxylic acids is 2. The molecule has 1 fully saturated rings. The van der Waals surface area contributed by atoms with Gasteiger partial charge in [0.05, 0.1) is 5.37 Å². The molecule has 0 aromatic heterocycles. The molecule has 0 bridgehead atoms. The summed E-state index contributed by atoms with van der Waals surface area (Å²) in [6.45, 7) is 8.23. The fraction of sp³-hybridized carbons (Fsp3) is 0.579. The molecule has 0 spiro atoms. The fourth-order valence-corrected chi connectivity index (χ4v) is 4.29. The van der Waals surface area contributed by atoms with E-state index in [1.165, 1.54) is 5.56 Å². The van der Waals surface area contributed by atoms with Crippen LogP contribution in [0.3, 0.4) is 0 Å². The maximum atomic E-state index is 12.7. The minimum Gasteiger partial charge on any atom is -0.324 e. The van der Waals surface area contributed by atoms with Gasteiger partial charge in [-0.1, -0.05) is 26.3 Å². The molecule has 24 heavy (non-hydrogen) atoms. The van der Waals surface area contributed by atoms with Crippen LogP contribution in [0.15, 0.2) is 18.2 Å². The van der Waals surface area contributed by atoms with Crippen LogP contribution < -0.4 is 5.32 Å². The van der Waals surface area contributed by atoms with E-state index < -0.39 is 0 Å². The van der Waals surface area contributed by atoms with Crippen molar-refractivity contribution in [1.29, 1.82) is 0 Å². The van der Waals surface area contributed by atoms with Crippen LogP contribution in [0.1, 0.15) is 50.7 Å². The van der Waals surface area contributed by atoms with Crippen molar-refractivity contribution >= 4 is 29.3 Å². The Morgan fingerprint density at radius 2 is 2.00 bits per heavy atom. The highest BCUT2D eigenvalue weighted by molar-refractivity contribution is 8.00. The quantitative estimate of drug-likeness (QED) is 0.841. The first-order valence-electron chi connectivity index (χ1n) is 8.78. The highest BCUT2D eigenvalue weighted by Gasteiger charge is 2.40. The molecule has 2 atom stereocenters. The van der Waals surface area contributed by atoms with Gasteiger partial charge in [-0.15, -0.1) is 11.8 Å². The summed E-state index contributed by atoms with van der Waals surface area (Å²) in [5.74, 6) is 0.702. The molecule has 1 heterocycles. The number of nitrogens with zero attached hydrogens (tertiary/aromatic N) is 1. The zero-order chi connectivity index (χ0) is 17.7. The minimum atomic E-state index is -0.370. The Kier molecular flexibility index (Phi) is 6.72. The van der Waals surface area contributed by atoms with Gasteiger partial charge in [-0.05, 0) is 49.9 Å². The number of anilines is 1. The van der Waals surface area contributed by atoms with Crippen molar-refractivity contribution in [2.75, 3.05) is 11.1 Å². The van der Waals surface area contributed by atoms with Gasteiger partial charge in [0.2, 0.25) is 11.8 Å². The first kappa shape index (κ1) is 18.8. The predicted octanol–water partition coefficient (Wildman–Crippen LogP) is 4.11. The smallest absolute Gasteiger partial charge is 0.248 e. The maximum absolute atomic E-state index is 12.7. The molecule has 0 saturated carbocycles. The number of hydrogen-bond acceptors (Lipinski definition) is 3. The Morgan fingerprint density at radius 1 is 1.25 bits per heavy atom. The summed E-state index contributed by atoms with van der Waals surface area (Å²) in [4.78, 5) is 27.1. The lowest BCUT2D eigenvalue weighted by Gasteiger charge is -2.28. The number of amides is 2. The van der Waals surface area contributed by atoms with Crippen molar-refractivity contribution < 1.29 is 9.59 Å². The highest BCUT2D eigenvalue weighted by atomic mass is 32.2. The number of aryl methyl sites for hydroxylation is 2. The van der Waals surface area contributed by atoms with Crippen LogP contribution in [0.25, 0.3) is 0 Å². The summed E-state index contributed by atoms with van der Waals surface area (Å²) >= 11 is 1.71. The zero-order valence-corrected chi connectivity index (χ0v) is 15.9. The zero-order valence-electron chi connectivity index (χ0n) is 15.1. The van der Waals surface area contributed by atoms with E-state index in [1.54, 1.807) is 11.8 Å². The predicted molar refractivity (Wildman–Crippen MR) is 101 cm³/mol. The SMILES string of the molecule is CCCCC(=O)N1C(CC)SCC1C(=O)Nc1ccc(C)c(C)c1. The topological polar surface area (TPSA) is 49.4 Å². The number of unbranched alkanes of at least 4 members (excludes halogenated alkanes) is 1. The van der Waals surface area contributed by atoms with Crippen LogP contribution in [-0.4, -0.2) is 33.9 Å². The van der Waals surface area contributed by atoms with Crippen molar-refractivity contribution in [3.63, 3.8) is 0 Å². The van der Waals surface area contributed by atoms with Gasteiger partial charge < -0.3 is 10.2 Å². The monoisotopic (exact) mass is 348 g/mol. The van der Waals surface area contributed by atoms with Crippen molar-refractivity contribution in [3.05, 3.63) is 29.3 Å². The molecule has 1 N–H and O–H groups in total. The van der Waals surface area contributed by atoms with Gasteiger partial charge in [0.1, 0.15) is 6.04 Å². The van der Waals surface area contributed by atoms with Crippen molar-refractivity contribution in [1.82, 2.24) is 4.90 Å². The first-order chi connectivity index (χ1) is 11.5. The number of hydrogen-bond donors (Lipinski definition) is 1. The molecule has 2 amide bonds. The Morgan fingerprint density at radius 3 is 2.62 bits per heavy atom. The molecule has 0 radical (unpaired) electrons. The number of thioether (sulfide) groups is 1. The average molecular weight is 349 g/mol. The largest absolute Gasteiger partial charge is 0.324 e. The van der Waals surface area contributed by atoms with E-state index in [0.717, 1.165) is 30.5 Å². The Hall–Kier alpha value is -1.49. The molecular formula is C19H28N2O2S. The molecule has 1 aliphatic heterocycles. The normalized spacial score (nSPS) is 20.2. The molecule has 132 valence electrons. The third-order valence-electron chi connectivity index (χ3n) is 4.55. The second-order valence-corrected chi connectivity index (χ2v) is 7.62. The third-order valence-corrected chi connectivity index (χ3v) is 6.00. The van der Waals surface area contributed by atoms with Crippen LogP contribution in [0, 0.1) is 13.8 Å². The molecule has 2 rings (SSSR count). The molecule has 4 nitrogen and oxygen atoms in total. The fourth-order valence-electron chi connectivity index (χ4n) is 2.92. The second kappa shape index (κ2) is 8.56. The summed E-state index contributed by atoms with van der Waals surface area (Å²) in [6, 6.07) is 5.54. The number of nitrogens with one attached hydrogen (secondary N) is 1. The van der Waals surface area contributed by atoms with E-state index in [2.05, 4.69) is 26.1 Å². The number of rotatable bonds is 6. The van der Waals surface area contributed by atoms with Crippen LogP contribution in [-0.2, 0) is 9.59 Å². The molecular weight excluding hydrogens is 320 g/mol.